The molecule has 1 fully saturated rings. The first-order valence-electron chi connectivity index (χ1n) is 7.46. The topological polar surface area (TPSA) is 32.3 Å². The number of rotatable bonds is 4. The van der Waals surface area contributed by atoms with Gasteiger partial charge in [-0.2, -0.15) is 0 Å². The molecule has 1 amide bonds. The average molecular weight is 313 g/mol. The lowest BCUT2D eigenvalue weighted by Crippen LogP contribution is -2.49. The zero-order valence-corrected chi connectivity index (χ0v) is 13.3. The van der Waals surface area contributed by atoms with Gasteiger partial charge in [-0.15, -0.1) is 0 Å². The Morgan fingerprint density at radius 2 is 2.29 bits per heavy atom. The standard InChI is InChI=1S/C16H22ClFN2O/c1-3-16(21)20-7-6-15(11(2)10-20)19-9-12-4-5-13(17)14(18)8-12/h4-5,8,11,15,19H,3,6-7,9-10H2,1-2H3/t11-,15+/m1/s1. The highest BCUT2D eigenvalue weighted by atomic mass is 35.5. The fourth-order valence-corrected chi connectivity index (χ4v) is 2.92. The van der Waals surface area contributed by atoms with Crippen molar-refractivity contribution in [3.05, 3.63) is 34.6 Å². The van der Waals surface area contributed by atoms with E-state index >= 15 is 0 Å². The zero-order chi connectivity index (χ0) is 15.4. The number of hydrogen-bond acceptors (Lipinski definition) is 2. The van der Waals surface area contributed by atoms with Crippen LogP contribution >= 0.6 is 11.6 Å². The first-order valence-corrected chi connectivity index (χ1v) is 7.84. The van der Waals surface area contributed by atoms with Crippen LogP contribution in [0.4, 0.5) is 4.39 Å². The SMILES string of the molecule is CCC(=O)N1CC[C@H](NCc2ccc(Cl)c(F)c2)[C@H](C)C1. The predicted octanol–water partition coefficient (Wildman–Crippen LogP) is 3.22. The molecule has 1 aromatic rings. The van der Waals surface area contributed by atoms with Crippen molar-refractivity contribution in [2.75, 3.05) is 13.1 Å². The van der Waals surface area contributed by atoms with E-state index in [9.17, 15) is 9.18 Å². The summed E-state index contributed by atoms with van der Waals surface area (Å²) in [5, 5.41) is 3.62. The molecule has 1 aliphatic rings. The number of halogens is 2. The summed E-state index contributed by atoms with van der Waals surface area (Å²) in [5.74, 6) is 0.235. The Morgan fingerprint density at radius 1 is 1.52 bits per heavy atom. The van der Waals surface area contributed by atoms with Gasteiger partial charge in [-0.1, -0.05) is 31.5 Å². The Kier molecular flexibility index (Phi) is 5.59. The number of carbonyl (C=O) groups is 1. The number of nitrogens with one attached hydrogen (secondary N) is 1. The van der Waals surface area contributed by atoms with Gasteiger partial charge in [-0.05, 0) is 30.0 Å². The number of nitrogens with zero attached hydrogens (tertiary/aromatic N) is 1. The van der Waals surface area contributed by atoms with Crippen LogP contribution in [0, 0.1) is 11.7 Å². The molecule has 1 aliphatic heterocycles. The molecule has 116 valence electrons. The van der Waals surface area contributed by atoms with Gasteiger partial charge in [0.05, 0.1) is 5.02 Å². The second-order valence-electron chi connectivity index (χ2n) is 5.70. The minimum atomic E-state index is -0.382. The second kappa shape index (κ2) is 7.23. The summed E-state index contributed by atoms with van der Waals surface area (Å²) in [6, 6.07) is 5.23. The maximum absolute atomic E-state index is 13.4. The summed E-state index contributed by atoms with van der Waals surface area (Å²) < 4.78 is 13.4. The molecule has 0 unspecified atom stereocenters. The molecule has 0 radical (unpaired) electrons. The highest BCUT2D eigenvalue weighted by Crippen LogP contribution is 2.19. The van der Waals surface area contributed by atoms with Crippen molar-refractivity contribution < 1.29 is 9.18 Å². The van der Waals surface area contributed by atoms with Gasteiger partial charge in [-0.3, -0.25) is 4.79 Å². The maximum Gasteiger partial charge on any atom is 0.222 e. The van der Waals surface area contributed by atoms with Gasteiger partial charge in [0, 0.05) is 32.1 Å². The van der Waals surface area contributed by atoms with Crippen molar-refractivity contribution in [1.82, 2.24) is 10.2 Å². The van der Waals surface area contributed by atoms with Crippen LogP contribution in [0.1, 0.15) is 32.3 Å². The van der Waals surface area contributed by atoms with Crippen LogP contribution < -0.4 is 5.32 Å². The van der Waals surface area contributed by atoms with Crippen molar-refractivity contribution in [2.45, 2.75) is 39.3 Å². The van der Waals surface area contributed by atoms with Gasteiger partial charge in [0.15, 0.2) is 0 Å². The normalized spacial score (nSPS) is 22.4. The van der Waals surface area contributed by atoms with Crippen molar-refractivity contribution in [1.29, 1.82) is 0 Å². The maximum atomic E-state index is 13.4. The third kappa shape index (κ3) is 4.17. The molecule has 2 atom stereocenters. The van der Waals surface area contributed by atoms with Crippen LogP contribution in [0.2, 0.25) is 5.02 Å². The Labute approximate surface area is 130 Å². The van der Waals surface area contributed by atoms with Crippen LogP contribution in [0.5, 0.6) is 0 Å². The number of likely N-dealkylation sites (tertiary alicyclic amines) is 1. The van der Waals surface area contributed by atoms with Gasteiger partial charge in [0.1, 0.15) is 5.82 Å². The molecular formula is C16H22ClFN2O. The molecule has 21 heavy (non-hydrogen) atoms. The van der Waals surface area contributed by atoms with E-state index in [2.05, 4.69) is 12.2 Å². The van der Waals surface area contributed by atoms with E-state index in [4.69, 9.17) is 11.6 Å². The van der Waals surface area contributed by atoms with E-state index < -0.39 is 0 Å². The van der Waals surface area contributed by atoms with Crippen LogP contribution in [0.25, 0.3) is 0 Å². The van der Waals surface area contributed by atoms with Crippen LogP contribution in [0.3, 0.4) is 0 Å². The lowest BCUT2D eigenvalue weighted by atomic mass is 9.93. The minimum Gasteiger partial charge on any atom is -0.342 e. The number of piperidine rings is 1. The highest BCUT2D eigenvalue weighted by Gasteiger charge is 2.27. The van der Waals surface area contributed by atoms with Crippen molar-refractivity contribution >= 4 is 17.5 Å². The van der Waals surface area contributed by atoms with E-state index in [0.29, 0.717) is 24.9 Å². The molecule has 0 aliphatic carbocycles. The Balaban J connectivity index is 1.87. The monoisotopic (exact) mass is 312 g/mol. The van der Waals surface area contributed by atoms with Gasteiger partial charge < -0.3 is 10.2 Å². The molecule has 3 nitrogen and oxygen atoms in total. The quantitative estimate of drug-likeness (QED) is 0.926. The molecule has 2 rings (SSSR count). The van der Waals surface area contributed by atoms with Gasteiger partial charge in [0.25, 0.3) is 0 Å². The summed E-state index contributed by atoms with van der Waals surface area (Å²) in [4.78, 5) is 13.7. The second-order valence-corrected chi connectivity index (χ2v) is 6.10. The lowest BCUT2D eigenvalue weighted by molar-refractivity contribution is -0.132. The number of benzene rings is 1. The smallest absolute Gasteiger partial charge is 0.222 e. The molecule has 0 saturated carbocycles. The van der Waals surface area contributed by atoms with Gasteiger partial charge in [-0.25, -0.2) is 4.39 Å². The molecule has 1 N–H and O–H groups in total. The molecular weight excluding hydrogens is 291 g/mol. The molecule has 0 spiro atoms. The minimum absolute atomic E-state index is 0.151. The summed E-state index contributed by atoms with van der Waals surface area (Å²) in [6.45, 7) is 6.25. The number of amides is 1. The zero-order valence-electron chi connectivity index (χ0n) is 12.5. The van der Waals surface area contributed by atoms with E-state index in [-0.39, 0.29) is 16.7 Å². The van der Waals surface area contributed by atoms with E-state index in [1.165, 1.54) is 6.07 Å². The lowest BCUT2D eigenvalue weighted by Gasteiger charge is -2.37. The van der Waals surface area contributed by atoms with Crippen LogP contribution in [-0.2, 0) is 11.3 Å². The molecule has 5 heteroatoms. The first kappa shape index (κ1) is 16.2. The average Bonchev–Trinajstić information content (AvgIpc) is 2.48. The summed E-state index contributed by atoms with van der Waals surface area (Å²) in [6.07, 6.45) is 1.50. The van der Waals surface area contributed by atoms with E-state index in [1.54, 1.807) is 6.07 Å². The predicted molar refractivity (Wildman–Crippen MR) is 82.7 cm³/mol. The Hall–Kier alpha value is -1.13. The van der Waals surface area contributed by atoms with Gasteiger partial charge in [0.2, 0.25) is 5.91 Å². The van der Waals surface area contributed by atoms with Crippen molar-refractivity contribution in [3.8, 4) is 0 Å². The van der Waals surface area contributed by atoms with E-state index in [1.807, 2.05) is 17.9 Å². The van der Waals surface area contributed by atoms with E-state index in [0.717, 1.165) is 25.1 Å². The number of carbonyl (C=O) groups excluding carboxylic acids is 1. The third-order valence-corrected chi connectivity index (χ3v) is 4.42. The summed E-state index contributed by atoms with van der Waals surface area (Å²) in [5.41, 5.74) is 0.885. The summed E-state index contributed by atoms with van der Waals surface area (Å²) >= 11 is 5.68. The Morgan fingerprint density at radius 3 is 2.90 bits per heavy atom. The van der Waals surface area contributed by atoms with Crippen LogP contribution in [0.15, 0.2) is 18.2 Å². The first-order chi connectivity index (χ1) is 10.0. The largest absolute Gasteiger partial charge is 0.342 e. The fourth-order valence-electron chi connectivity index (χ4n) is 2.80. The Bertz CT molecular complexity index is 509. The highest BCUT2D eigenvalue weighted by molar-refractivity contribution is 6.30. The molecule has 0 aromatic heterocycles. The molecule has 1 aromatic carbocycles. The van der Waals surface area contributed by atoms with Gasteiger partial charge >= 0.3 is 0 Å². The molecule has 1 saturated heterocycles. The number of hydrogen-bond donors (Lipinski definition) is 1. The van der Waals surface area contributed by atoms with Crippen molar-refractivity contribution in [2.24, 2.45) is 5.92 Å². The fraction of sp³-hybridized carbons (Fsp3) is 0.562. The summed E-state index contributed by atoms with van der Waals surface area (Å²) in [7, 11) is 0. The molecule has 1 heterocycles. The third-order valence-electron chi connectivity index (χ3n) is 4.11. The van der Waals surface area contributed by atoms with Crippen molar-refractivity contribution in [3.63, 3.8) is 0 Å². The van der Waals surface area contributed by atoms with Crippen LogP contribution in [-0.4, -0.2) is 29.9 Å². The molecule has 0 bridgehead atoms.